The van der Waals surface area contributed by atoms with Gasteiger partial charge >= 0.3 is 0 Å². The lowest BCUT2D eigenvalue weighted by atomic mass is 9.90. The van der Waals surface area contributed by atoms with E-state index in [0.29, 0.717) is 13.2 Å². The summed E-state index contributed by atoms with van der Waals surface area (Å²) in [5.41, 5.74) is 5.77. The second-order valence-corrected chi connectivity index (χ2v) is 6.34. The number of carbonyl (C=O) groups is 2. The van der Waals surface area contributed by atoms with Crippen molar-refractivity contribution in [2.45, 2.75) is 57.7 Å². The molecule has 2 rings (SSSR count). The highest BCUT2D eigenvalue weighted by Crippen LogP contribution is 2.28. The molecule has 128 valence electrons. The minimum absolute atomic E-state index is 0. The summed E-state index contributed by atoms with van der Waals surface area (Å²) < 4.78 is 5.76. The van der Waals surface area contributed by atoms with Crippen LogP contribution in [-0.4, -0.2) is 54.6 Å². The maximum Gasteiger partial charge on any atom is 0.242 e. The van der Waals surface area contributed by atoms with Crippen LogP contribution in [0.1, 0.15) is 39.5 Å². The topological polar surface area (TPSA) is 84.7 Å². The van der Waals surface area contributed by atoms with Gasteiger partial charge in [-0.1, -0.05) is 26.7 Å². The first-order valence-electron chi connectivity index (χ1n) is 7.95. The lowest BCUT2D eigenvalue weighted by Gasteiger charge is -2.43. The van der Waals surface area contributed by atoms with Gasteiger partial charge in [0.1, 0.15) is 0 Å². The van der Waals surface area contributed by atoms with Gasteiger partial charge in [-0.2, -0.15) is 0 Å². The van der Waals surface area contributed by atoms with E-state index in [1.54, 1.807) is 0 Å². The van der Waals surface area contributed by atoms with Gasteiger partial charge in [-0.15, -0.1) is 12.4 Å². The number of nitrogens with two attached hydrogens (primary N) is 1. The SMILES string of the molecule is CC(C)[C@H](N)C(=O)NCC(=O)N1CCOC2CCCCC21.Cl. The lowest BCUT2D eigenvalue weighted by Crippen LogP contribution is -2.57. The summed E-state index contributed by atoms with van der Waals surface area (Å²) >= 11 is 0. The van der Waals surface area contributed by atoms with E-state index in [1.165, 1.54) is 6.42 Å². The number of fused-ring (bicyclic) bond motifs is 1. The Kier molecular flexibility index (Phi) is 7.59. The zero-order valence-electron chi connectivity index (χ0n) is 13.4. The van der Waals surface area contributed by atoms with Crippen molar-refractivity contribution >= 4 is 24.2 Å². The first-order chi connectivity index (χ1) is 10.0. The van der Waals surface area contributed by atoms with Crippen molar-refractivity contribution in [2.75, 3.05) is 19.7 Å². The highest BCUT2D eigenvalue weighted by Gasteiger charge is 2.36. The fourth-order valence-corrected chi connectivity index (χ4v) is 3.09. The van der Waals surface area contributed by atoms with Crippen molar-refractivity contribution < 1.29 is 14.3 Å². The van der Waals surface area contributed by atoms with Crippen LogP contribution in [0.2, 0.25) is 0 Å². The van der Waals surface area contributed by atoms with E-state index in [1.807, 2.05) is 18.7 Å². The van der Waals surface area contributed by atoms with Crippen LogP contribution in [0.15, 0.2) is 0 Å². The fraction of sp³-hybridized carbons (Fsp3) is 0.867. The van der Waals surface area contributed by atoms with E-state index in [4.69, 9.17) is 10.5 Å². The molecule has 2 unspecified atom stereocenters. The molecule has 0 bridgehead atoms. The van der Waals surface area contributed by atoms with E-state index in [-0.39, 0.29) is 48.8 Å². The lowest BCUT2D eigenvalue weighted by molar-refractivity contribution is -0.149. The Morgan fingerprint density at radius 3 is 2.68 bits per heavy atom. The number of nitrogens with one attached hydrogen (secondary N) is 1. The van der Waals surface area contributed by atoms with E-state index >= 15 is 0 Å². The summed E-state index contributed by atoms with van der Waals surface area (Å²) in [6.45, 7) is 5.02. The Morgan fingerprint density at radius 1 is 1.32 bits per heavy atom. The highest BCUT2D eigenvalue weighted by molar-refractivity contribution is 5.87. The summed E-state index contributed by atoms with van der Waals surface area (Å²) in [5, 5.41) is 2.66. The predicted octanol–water partition coefficient (Wildman–Crippen LogP) is 0.678. The molecule has 2 aliphatic rings. The monoisotopic (exact) mass is 333 g/mol. The smallest absolute Gasteiger partial charge is 0.242 e. The molecule has 3 N–H and O–H groups in total. The number of rotatable bonds is 4. The second kappa shape index (κ2) is 8.70. The van der Waals surface area contributed by atoms with Gasteiger partial charge in [0, 0.05) is 6.54 Å². The van der Waals surface area contributed by atoms with Crippen LogP contribution in [0.3, 0.4) is 0 Å². The number of hydrogen-bond donors (Lipinski definition) is 2. The normalized spacial score (nSPS) is 25.9. The number of morpholine rings is 1. The molecule has 1 heterocycles. The standard InChI is InChI=1S/C15H27N3O3.ClH/c1-10(2)14(16)15(20)17-9-13(19)18-7-8-21-12-6-4-3-5-11(12)18;/h10-12,14H,3-9,16H2,1-2H3,(H,17,20);1H/t11?,12?,14-;/m0./s1. The third kappa shape index (κ3) is 4.57. The minimum Gasteiger partial charge on any atom is -0.374 e. The van der Waals surface area contributed by atoms with Crippen molar-refractivity contribution in [3.8, 4) is 0 Å². The Labute approximate surface area is 138 Å². The van der Waals surface area contributed by atoms with Crippen molar-refractivity contribution in [2.24, 2.45) is 11.7 Å². The van der Waals surface area contributed by atoms with Crippen LogP contribution < -0.4 is 11.1 Å². The first kappa shape index (κ1) is 19.2. The molecule has 3 atom stereocenters. The minimum atomic E-state index is -0.565. The second-order valence-electron chi connectivity index (χ2n) is 6.34. The first-order valence-corrected chi connectivity index (χ1v) is 7.95. The van der Waals surface area contributed by atoms with Gasteiger partial charge in [-0.3, -0.25) is 9.59 Å². The average Bonchev–Trinajstić information content (AvgIpc) is 2.50. The predicted molar refractivity (Wildman–Crippen MR) is 86.8 cm³/mol. The quantitative estimate of drug-likeness (QED) is 0.792. The number of halogens is 1. The van der Waals surface area contributed by atoms with E-state index < -0.39 is 6.04 Å². The van der Waals surface area contributed by atoms with Crippen molar-refractivity contribution in [1.82, 2.24) is 10.2 Å². The van der Waals surface area contributed by atoms with Crippen LogP contribution in [0.5, 0.6) is 0 Å². The molecule has 0 aromatic carbocycles. The van der Waals surface area contributed by atoms with Crippen molar-refractivity contribution in [3.05, 3.63) is 0 Å². The molecular weight excluding hydrogens is 306 g/mol. The molecule has 1 saturated carbocycles. The van der Waals surface area contributed by atoms with Crippen molar-refractivity contribution in [1.29, 1.82) is 0 Å². The molecule has 7 heteroatoms. The highest BCUT2D eigenvalue weighted by atomic mass is 35.5. The number of nitrogens with zero attached hydrogens (tertiary/aromatic N) is 1. The van der Waals surface area contributed by atoms with Gasteiger partial charge in [0.25, 0.3) is 0 Å². The van der Waals surface area contributed by atoms with Crippen LogP contribution in [0.25, 0.3) is 0 Å². The van der Waals surface area contributed by atoms with Gasteiger partial charge in [0.2, 0.25) is 11.8 Å². The van der Waals surface area contributed by atoms with Crippen LogP contribution in [0, 0.1) is 5.92 Å². The summed E-state index contributed by atoms with van der Waals surface area (Å²) in [4.78, 5) is 26.1. The summed E-state index contributed by atoms with van der Waals surface area (Å²) in [6.07, 6.45) is 4.50. The molecule has 1 saturated heterocycles. The van der Waals surface area contributed by atoms with E-state index in [0.717, 1.165) is 19.3 Å². The molecule has 0 radical (unpaired) electrons. The molecule has 0 aromatic rings. The van der Waals surface area contributed by atoms with Gasteiger partial charge in [-0.05, 0) is 18.8 Å². The molecule has 6 nitrogen and oxygen atoms in total. The summed E-state index contributed by atoms with van der Waals surface area (Å²) in [7, 11) is 0. The molecule has 0 spiro atoms. The Morgan fingerprint density at radius 2 is 2.00 bits per heavy atom. The molecule has 0 aromatic heterocycles. The maximum atomic E-state index is 12.4. The van der Waals surface area contributed by atoms with E-state index in [9.17, 15) is 9.59 Å². The molecular formula is C15H28ClN3O3. The zero-order chi connectivity index (χ0) is 15.4. The number of carbonyl (C=O) groups excluding carboxylic acids is 2. The maximum absolute atomic E-state index is 12.4. The Balaban J connectivity index is 0.00000242. The van der Waals surface area contributed by atoms with Crippen molar-refractivity contribution in [3.63, 3.8) is 0 Å². The van der Waals surface area contributed by atoms with Gasteiger partial charge in [-0.25, -0.2) is 0 Å². The number of ether oxygens (including phenoxy) is 1. The third-order valence-electron chi connectivity index (χ3n) is 4.49. The van der Waals surface area contributed by atoms with Gasteiger partial charge in [0.05, 0.1) is 31.3 Å². The number of hydrogen-bond acceptors (Lipinski definition) is 4. The molecule has 2 fully saturated rings. The Hall–Kier alpha value is -0.850. The Bertz CT molecular complexity index is 390. The molecule has 1 aliphatic heterocycles. The largest absolute Gasteiger partial charge is 0.374 e. The van der Waals surface area contributed by atoms with E-state index in [2.05, 4.69) is 5.32 Å². The summed E-state index contributed by atoms with van der Waals surface area (Å²) in [6, 6.07) is -0.388. The molecule has 1 aliphatic carbocycles. The average molecular weight is 334 g/mol. The van der Waals surface area contributed by atoms with Crippen LogP contribution in [0.4, 0.5) is 0 Å². The summed E-state index contributed by atoms with van der Waals surface area (Å²) in [5.74, 6) is -0.225. The fourth-order valence-electron chi connectivity index (χ4n) is 3.09. The zero-order valence-corrected chi connectivity index (χ0v) is 14.2. The third-order valence-corrected chi connectivity index (χ3v) is 4.49. The van der Waals surface area contributed by atoms with Gasteiger partial charge in [0.15, 0.2) is 0 Å². The van der Waals surface area contributed by atoms with Crippen LogP contribution >= 0.6 is 12.4 Å². The number of amides is 2. The molecule has 22 heavy (non-hydrogen) atoms. The van der Waals surface area contributed by atoms with Gasteiger partial charge < -0.3 is 20.7 Å². The molecule has 2 amide bonds. The van der Waals surface area contributed by atoms with Crippen LogP contribution in [-0.2, 0) is 14.3 Å².